The third kappa shape index (κ3) is 2.74. The average molecular weight is 267 g/mol. The molecule has 1 fully saturated rings. The van der Waals surface area contributed by atoms with Gasteiger partial charge in [0, 0.05) is 12.8 Å². The third-order valence-corrected chi connectivity index (χ3v) is 4.56. The van der Waals surface area contributed by atoms with Gasteiger partial charge in [-0.2, -0.15) is 4.65 Å². The van der Waals surface area contributed by atoms with Gasteiger partial charge in [0.2, 0.25) is 0 Å². The van der Waals surface area contributed by atoms with Crippen molar-refractivity contribution in [2.75, 3.05) is 32.5 Å². The number of halogens is 1. The normalized spacial score (nSPS) is 27.5. The van der Waals surface area contributed by atoms with Gasteiger partial charge in [0.25, 0.3) is 0 Å². The summed E-state index contributed by atoms with van der Waals surface area (Å²) in [5, 5.41) is 0. The molecule has 3 nitrogen and oxygen atoms in total. The van der Waals surface area contributed by atoms with Gasteiger partial charge < -0.3 is 5.73 Å². The van der Waals surface area contributed by atoms with E-state index in [2.05, 4.69) is 6.92 Å². The number of hydrogen-bond acceptors (Lipinski definition) is 2. The minimum atomic E-state index is -0.297. The molecule has 0 bridgehead atoms. The highest BCUT2D eigenvalue weighted by Crippen LogP contribution is 2.34. The molecule has 0 spiro atoms. The van der Waals surface area contributed by atoms with Gasteiger partial charge in [0.05, 0.1) is 12.8 Å². The summed E-state index contributed by atoms with van der Waals surface area (Å²) in [5.74, 6) is 0.122. The fraction of sp³-hybridized carbons (Fsp3) is 0.600. The lowest BCUT2D eigenvalue weighted by molar-refractivity contribution is -1.10. The summed E-state index contributed by atoms with van der Waals surface area (Å²) >= 11 is 0. The standard InChI is InChI=1S/C15H24FN2O/c1-4-18(19-3)7-5-12(6-8-18)13-10-14(16)15(17)9-11(13)2/h9-10,12H,4-8,17H2,1-3H3/q+1. The highest BCUT2D eigenvalue weighted by atomic mass is 19.1. The van der Waals surface area contributed by atoms with Gasteiger partial charge in [-0.25, -0.2) is 9.23 Å². The first kappa shape index (κ1) is 14.3. The second kappa shape index (κ2) is 5.47. The van der Waals surface area contributed by atoms with Crippen LogP contribution in [0.3, 0.4) is 0 Å². The van der Waals surface area contributed by atoms with Gasteiger partial charge >= 0.3 is 0 Å². The van der Waals surface area contributed by atoms with Crippen LogP contribution in [0.4, 0.5) is 10.1 Å². The van der Waals surface area contributed by atoms with E-state index in [1.54, 1.807) is 19.2 Å². The van der Waals surface area contributed by atoms with Gasteiger partial charge in [0.1, 0.15) is 25.5 Å². The van der Waals surface area contributed by atoms with E-state index >= 15 is 0 Å². The smallest absolute Gasteiger partial charge is 0.146 e. The van der Waals surface area contributed by atoms with Crippen LogP contribution in [0.25, 0.3) is 0 Å². The first-order valence-electron chi connectivity index (χ1n) is 6.98. The topological polar surface area (TPSA) is 35.2 Å². The molecule has 106 valence electrons. The third-order valence-electron chi connectivity index (χ3n) is 4.56. The van der Waals surface area contributed by atoms with E-state index in [1.807, 2.05) is 6.92 Å². The summed E-state index contributed by atoms with van der Waals surface area (Å²) in [6.45, 7) is 7.13. The minimum Gasteiger partial charge on any atom is -0.396 e. The van der Waals surface area contributed by atoms with Gasteiger partial charge in [-0.3, -0.25) is 0 Å². The number of aryl methyl sites for hydroxylation is 1. The summed E-state index contributed by atoms with van der Waals surface area (Å²) in [4.78, 5) is 5.63. The van der Waals surface area contributed by atoms with Crippen molar-refractivity contribution in [2.24, 2.45) is 0 Å². The second-order valence-corrected chi connectivity index (χ2v) is 5.51. The molecule has 2 N–H and O–H groups in total. The molecule has 1 aliphatic rings. The number of anilines is 1. The summed E-state index contributed by atoms with van der Waals surface area (Å²) in [7, 11) is 1.78. The van der Waals surface area contributed by atoms with Crippen molar-refractivity contribution >= 4 is 5.69 Å². The first-order valence-corrected chi connectivity index (χ1v) is 6.98. The highest BCUT2D eigenvalue weighted by molar-refractivity contribution is 5.47. The van der Waals surface area contributed by atoms with Crippen molar-refractivity contribution in [3.8, 4) is 0 Å². The van der Waals surface area contributed by atoms with Crippen molar-refractivity contribution in [2.45, 2.75) is 32.6 Å². The molecule has 2 rings (SSSR count). The SMILES string of the molecule is CC[N+]1(OC)CCC(c2cc(F)c(N)cc2C)CC1. The molecule has 1 aromatic rings. The number of piperidine rings is 1. The lowest BCUT2D eigenvalue weighted by Crippen LogP contribution is -2.51. The maximum atomic E-state index is 13.6. The van der Waals surface area contributed by atoms with Crippen molar-refractivity contribution < 1.29 is 13.9 Å². The largest absolute Gasteiger partial charge is 0.396 e. The predicted molar refractivity (Wildman–Crippen MR) is 75.1 cm³/mol. The zero-order valence-corrected chi connectivity index (χ0v) is 12.1. The Bertz CT molecular complexity index is 448. The zero-order valence-electron chi connectivity index (χ0n) is 12.1. The Kier molecular flexibility index (Phi) is 4.11. The van der Waals surface area contributed by atoms with E-state index in [4.69, 9.17) is 10.6 Å². The van der Waals surface area contributed by atoms with E-state index in [1.165, 1.54) is 0 Å². The van der Waals surface area contributed by atoms with Crippen molar-refractivity contribution in [1.82, 2.24) is 0 Å². The minimum absolute atomic E-state index is 0.243. The Labute approximate surface area is 114 Å². The van der Waals surface area contributed by atoms with Gasteiger partial charge in [-0.15, -0.1) is 0 Å². The monoisotopic (exact) mass is 267 g/mol. The number of benzene rings is 1. The molecule has 19 heavy (non-hydrogen) atoms. The molecule has 1 aromatic carbocycles. The van der Waals surface area contributed by atoms with Crippen LogP contribution in [-0.4, -0.2) is 31.4 Å². The number of hydrogen-bond donors (Lipinski definition) is 1. The fourth-order valence-corrected chi connectivity index (χ4v) is 3.14. The van der Waals surface area contributed by atoms with Crippen LogP contribution >= 0.6 is 0 Å². The van der Waals surface area contributed by atoms with Crippen LogP contribution in [0.15, 0.2) is 12.1 Å². The van der Waals surface area contributed by atoms with Crippen LogP contribution in [-0.2, 0) is 4.84 Å². The van der Waals surface area contributed by atoms with Crippen LogP contribution < -0.4 is 5.73 Å². The average Bonchev–Trinajstić information content (AvgIpc) is 2.43. The molecule has 0 amide bonds. The van der Waals surface area contributed by atoms with Crippen LogP contribution in [0.1, 0.15) is 36.8 Å². The lowest BCUT2D eigenvalue weighted by Gasteiger charge is -2.39. The highest BCUT2D eigenvalue weighted by Gasteiger charge is 2.34. The van der Waals surface area contributed by atoms with Crippen LogP contribution in [0, 0.1) is 12.7 Å². The van der Waals surface area contributed by atoms with Crippen molar-refractivity contribution in [1.29, 1.82) is 0 Å². The lowest BCUT2D eigenvalue weighted by atomic mass is 9.86. The van der Waals surface area contributed by atoms with E-state index < -0.39 is 0 Å². The molecule has 0 aromatic heterocycles. The van der Waals surface area contributed by atoms with E-state index in [0.29, 0.717) is 10.6 Å². The Morgan fingerprint density at radius 3 is 2.53 bits per heavy atom. The molecule has 1 saturated heterocycles. The first-order chi connectivity index (χ1) is 9.01. The molecule has 0 aliphatic carbocycles. The molecule has 0 radical (unpaired) electrons. The number of nitrogen functional groups attached to an aromatic ring is 1. The molecule has 4 heteroatoms. The van der Waals surface area contributed by atoms with E-state index in [9.17, 15) is 4.39 Å². The second-order valence-electron chi connectivity index (χ2n) is 5.51. The zero-order chi connectivity index (χ0) is 14.0. The van der Waals surface area contributed by atoms with Crippen molar-refractivity contribution in [3.63, 3.8) is 0 Å². The Morgan fingerprint density at radius 2 is 2.00 bits per heavy atom. The molecule has 0 atom stereocenters. The van der Waals surface area contributed by atoms with Gasteiger partial charge in [0.15, 0.2) is 0 Å². The molecule has 0 saturated carbocycles. The number of nitrogens with two attached hydrogens (primary N) is 1. The van der Waals surface area contributed by atoms with E-state index in [0.717, 1.165) is 43.6 Å². The van der Waals surface area contributed by atoms with Crippen LogP contribution in [0.5, 0.6) is 0 Å². The molecular formula is C15H24FN2O+. The number of nitrogens with zero attached hydrogens (tertiary/aromatic N) is 1. The Hall–Kier alpha value is -1.13. The van der Waals surface area contributed by atoms with Gasteiger partial charge in [-0.1, -0.05) is 0 Å². The summed E-state index contributed by atoms with van der Waals surface area (Å²) in [5.41, 5.74) is 8.05. The Morgan fingerprint density at radius 1 is 1.37 bits per heavy atom. The quantitative estimate of drug-likeness (QED) is 0.675. The van der Waals surface area contributed by atoms with Crippen molar-refractivity contribution in [3.05, 3.63) is 29.1 Å². The molecular weight excluding hydrogens is 243 g/mol. The molecule has 1 aliphatic heterocycles. The van der Waals surface area contributed by atoms with Gasteiger partial charge in [-0.05, 0) is 43.0 Å². The predicted octanol–water partition coefficient (Wildman–Crippen LogP) is 2.99. The van der Waals surface area contributed by atoms with E-state index in [-0.39, 0.29) is 11.5 Å². The summed E-state index contributed by atoms with van der Waals surface area (Å²) in [6.07, 6.45) is 2.07. The number of hydroxylamine groups is 3. The maximum Gasteiger partial charge on any atom is 0.146 e. The molecule has 0 unspecified atom stereocenters. The fourth-order valence-electron chi connectivity index (χ4n) is 3.14. The van der Waals surface area contributed by atoms with Crippen LogP contribution in [0.2, 0.25) is 0 Å². The summed E-state index contributed by atoms with van der Waals surface area (Å²) in [6, 6.07) is 3.37. The number of quaternary nitrogens is 1. The Balaban J connectivity index is 2.16. The number of likely N-dealkylation sites (tertiary alicyclic amines) is 1. The summed E-state index contributed by atoms with van der Waals surface area (Å²) < 4.78 is 14.4. The number of rotatable bonds is 3. The molecule has 1 heterocycles. The maximum absolute atomic E-state index is 13.6.